The van der Waals surface area contributed by atoms with Crippen molar-refractivity contribution in [1.29, 1.82) is 0 Å². The van der Waals surface area contributed by atoms with Crippen LogP contribution in [0.2, 0.25) is 0 Å². The highest BCUT2D eigenvalue weighted by Crippen LogP contribution is 1.99. The van der Waals surface area contributed by atoms with Crippen molar-refractivity contribution in [3.8, 4) is 0 Å². The number of nitrogens with zero attached hydrogens (tertiary/aromatic N) is 1. The Bertz CT molecular complexity index is 295. The number of hydrogen-bond acceptors (Lipinski definition) is 2. The number of hydrogen-bond donors (Lipinski definition) is 1. The number of H-pyrrole nitrogens is 1. The van der Waals surface area contributed by atoms with Crippen molar-refractivity contribution < 1.29 is 0 Å². The first-order valence-electron chi connectivity index (χ1n) is 3.47. The van der Waals surface area contributed by atoms with Crippen LogP contribution < -0.4 is 5.56 Å². The molecule has 0 saturated heterocycles. The maximum atomic E-state index is 11.0. The van der Waals surface area contributed by atoms with Crippen LogP contribution in [0.5, 0.6) is 0 Å². The van der Waals surface area contributed by atoms with E-state index in [4.69, 9.17) is 0 Å². The van der Waals surface area contributed by atoms with Crippen molar-refractivity contribution in [2.45, 2.75) is 19.8 Å². The van der Waals surface area contributed by atoms with Gasteiger partial charge in [-0.05, 0) is 22.4 Å². The highest BCUT2D eigenvalue weighted by molar-refractivity contribution is 9.10. The molecule has 0 fully saturated rings. The van der Waals surface area contributed by atoms with Crippen molar-refractivity contribution in [3.05, 3.63) is 26.8 Å². The number of aromatic amines is 1. The van der Waals surface area contributed by atoms with Crippen molar-refractivity contribution in [2.24, 2.45) is 0 Å². The average molecular weight is 217 g/mol. The van der Waals surface area contributed by atoms with Crippen LogP contribution in [0.4, 0.5) is 0 Å². The van der Waals surface area contributed by atoms with Gasteiger partial charge in [0.1, 0.15) is 10.3 Å². The summed E-state index contributed by atoms with van der Waals surface area (Å²) < 4.78 is 0.484. The number of rotatable bonds is 2. The SMILES string of the molecule is CCCc1ncc(Br)c(=O)[nH]1. The van der Waals surface area contributed by atoms with Crippen LogP contribution in [-0.2, 0) is 6.42 Å². The van der Waals surface area contributed by atoms with Crippen LogP contribution in [0.3, 0.4) is 0 Å². The van der Waals surface area contributed by atoms with Gasteiger partial charge in [0, 0.05) is 12.6 Å². The molecule has 1 heterocycles. The van der Waals surface area contributed by atoms with Gasteiger partial charge in [0.05, 0.1) is 0 Å². The van der Waals surface area contributed by atoms with Gasteiger partial charge in [-0.1, -0.05) is 6.92 Å². The first kappa shape index (κ1) is 8.46. The fourth-order valence-electron chi connectivity index (χ4n) is 0.780. The molecule has 0 saturated carbocycles. The summed E-state index contributed by atoms with van der Waals surface area (Å²) in [5.41, 5.74) is -0.108. The van der Waals surface area contributed by atoms with E-state index in [2.05, 4.69) is 25.9 Å². The summed E-state index contributed by atoms with van der Waals surface area (Å²) in [5, 5.41) is 0. The second-order valence-electron chi connectivity index (χ2n) is 2.26. The molecule has 1 aromatic heterocycles. The molecular formula is C7H9BrN2O. The molecule has 1 rings (SSSR count). The topological polar surface area (TPSA) is 45.8 Å². The van der Waals surface area contributed by atoms with Crippen LogP contribution >= 0.6 is 15.9 Å². The number of halogens is 1. The van der Waals surface area contributed by atoms with Gasteiger partial charge >= 0.3 is 0 Å². The van der Waals surface area contributed by atoms with Gasteiger partial charge in [-0.2, -0.15) is 0 Å². The molecule has 0 aliphatic carbocycles. The lowest BCUT2D eigenvalue weighted by atomic mass is 10.3. The largest absolute Gasteiger partial charge is 0.310 e. The molecule has 0 spiro atoms. The number of aromatic nitrogens is 2. The second kappa shape index (κ2) is 3.67. The normalized spacial score (nSPS) is 10.0. The molecule has 0 atom stereocenters. The van der Waals surface area contributed by atoms with E-state index in [1.54, 1.807) is 0 Å². The molecule has 0 unspecified atom stereocenters. The molecule has 3 nitrogen and oxygen atoms in total. The Morgan fingerprint density at radius 2 is 2.45 bits per heavy atom. The first-order chi connectivity index (χ1) is 5.24. The highest BCUT2D eigenvalue weighted by Gasteiger charge is 1.96. The summed E-state index contributed by atoms with van der Waals surface area (Å²) in [5.74, 6) is 0.751. The fourth-order valence-corrected chi connectivity index (χ4v) is 0.982. The van der Waals surface area contributed by atoms with Crippen molar-refractivity contribution >= 4 is 15.9 Å². The minimum absolute atomic E-state index is 0.108. The summed E-state index contributed by atoms with van der Waals surface area (Å²) in [4.78, 5) is 17.7. The van der Waals surface area contributed by atoms with E-state index in [1.807, 2.05) is 6.92 Å². The van der Waals surface area contributed by atoms with E-state index >= 15 is 0 Å². The molecule has 0 aliphatic rings. The summed E-state index contributed by atoms with van der Waals surface area (Å²) in [6.07, 6.45) is 3.34. The molecule has 0 radical (unpaired) electrons. The predicted molar refractivity (Wildman–Crippen MR) is 46.6 cm³/mol. The molecule has 1 N–H and O–H groups in total. The Labute approximate surface area is 73.0 Å². The lowest BCUT2D eigenvalue weighted by molar-refractivity contribution is 0.822. The van der Waals surface area contributed by atoms with Gasteiger partial charge in [-0.25, -0.2) is 4.98 Å². The van der Waals surface area contributed by atoms with Crippen LogP contribution in [0.1, 0.15) is 19.2 Å². The third-order valence-electron chi connectivity index (χ3n) is 1.30. The van der Waals surface area contributed by atoms with Crippen LogP contribution in [0.15, 0.2) is 15.5 Å². The van der Waals surface area contributed by atoms with Gasteiger partial charge in [-0.15, -0.1) is 0 Å². The van der Waals surface area contributed by atoms with Gasteiger partial charge < -0.3 is 4.98 Å². The third-order valence-corrected chi connectivity index (χ3v) is 1.86. The summed E-state index contributed by atoms with van der Waals surface area (Å²) in [6, 6.07) is 0. The Morgan fingerprint density at radius 1 is 1.73 bits per heavy atom. The quantitative estimate of drug-likeness (QED) is 0.815. The molecule has 1 aromatic rings. The van der Waals surface area contributed by atoms with Crippen LogP contribution in [-0.4, -0.2) is 9.97 Å². The zero-order chi connectivity index (χ0) is 8.27. The van der Waals surface area contributed by atoms with Crippen molar-refractivity contribution in [3.63, 3.8) is 0 Å². The highest BCUT2D eigenvalue weighted by atomic mass is 79.9. The van der Waals surface area contributed by atoms with E-state index in [9.17, 15) is 4.79 Å². The minimum atomic E-state index is -0.108. The average Bonchev–Trinajstić information content (AvgIpc) is 1.98. The van der Waals surface area contributed by atoms with Gasteiger partial charge in [-0.3, -0.25) is 4.79 Å². The van der Waals surface area contributed by atoms with E-state index < -0.39 is 0 Å². The van der Waals surface area contributed by atoms with E-state index in [1.165, 1.54) is 6.20 Å². The fraction of sp³-hybridized carbons (Fsp3) is 0.429. The van der Waals surface area contributed by atoms with E-state index in [0.717, 1.165) is 18.7 Å². The zero-order valence-corrected chi connectivity index (χ0v) is 7.81. The summed E-state index contributed by atoms with van der Waals surface area (Å²) >= 11 is 3.07. The number of aryl methyl sites for hydroxylation is 1. The molecule has 0 amide bonds. The smallest absolute Gasteiger partial charge is 0.265 e. The Balaban J connectivity index is 2.96. The lowest BCUT2D eigenvalue weighted by Gasteiger charge is -1.95. The van der Waals surface area contributed by atoms with Gasteiger partial charge in [0.2, 0.25) is 0 Å². The molecule has 0 bridgehead atoms. The second-order valence-corrected chi connectivity index (χ2v) is 3.11. The zero-order valence-electron chi connectivity index (χ0n) is 6.22. The van der Waals surface area contributed by atoms with Gasteiger partial charge in [0.15, 0.2) is 0 Å². The Morgan fingerprint density at radius 3 is 3.00 bits per heavy atom. The lowest BCUT2D eigenvalue weighted by Crippen LogP contribution is -2.11. The molecule has 0 aromatic carbocycles. The van der Waals surface area contributed by atoms with E-state index in [0.29, 0.717) is 4.47 Å². The van der Waals surface area contributed by atoms with Crippen molar-refractivity contribution in [1.82, 2.24) is 9.97 Å². The molecule has 11 heavy (non-hydrogen) atoms. The minimum Gasteiger partial charge on any atom is -0.310 e. The van der Waals surface area contributed by atoms with Gasteiger partial charge in [0.25, 0.3) is 5.56 Å². The summed E-state index contributed by atoms with van der Waals surface area (Å²) in [7, 11) is 0. The Kier molecular flexibility index (Phi) is 2.82. The molecule has 4 heteroatoms. The summed E-state index contributed by atoms with van der Waals surface area (Å²) in [6.45, 7) is 2.04. The Hall–Kier alpha value is -0.640. The molecular weight excluding hydrogens is 208 g/mol. The maximum Gasteiger partial charge on any atom is 0.265 e. The van der Waals surface area contributed by atoms with Crippen LogP contribution in [0.25, 0.3) is 0 Å². The first-order valence-corrected chi connectivity index (χ1v) is 4.27. The molecule has 0 aliphatic heterocycles. The van der Waals surface area contributed by atoms with E-state index in [-0.39, 0.29) is 5.56 Å². The maximum absolute atomic E-state index is 11.0. The number of nitrogens with one attached hydrogen (secondary N) is 1. The standard InChI is InChI=1S/C7H9BrN2O/c1-2-3-6-9-4-5(8)7(11)10-6/h4H,2-3H2,1H3,(H,9,10,11). The monoisotopic (exact) mass is 216 g/mol. The molecule has 60 valence electrons. The van der Waals surface area contributed by atoms with Crippen molar-refractivity contribution in [2.75, 3.05) is 0 Å². The third kappa shape index (κ3) is 2.15. The predicted octanol–water partition coefficient (Wildman–Crippen LogP) is 1.48. The van der Waals surface area contributed by atoms with Crippen LogP contribution in [0, 0.1) is 0 Å².